The number of rotatable bonds is 36. The molecule has 0 bridgehead atoms. The molecule has 5 amide bonds. The van der Waals surface area contributed by atoms with Gasteiger partial charge in [0, 0.05) is 45.6 Å². The Balaban J connectivity index is 5.53. The van der Waals surface area contributed by atoms with Crippen molar-refractivity contribution in [1.29, 1.82) is 0 Å². The molecule has 57 heavy (non-hydrogen) atoms. The molecule has 23 nitrogen and oxygen atoms in total. The van der Waals surface area contributed by atoms with Gasteiger partial charge >= 0.3 is 7.60 Å². The van der Waals surface area contributed by atoms with E-state index in [4.69, 9.17) is 41.2 Å². The molecule has 0 radical (unpaired) electrons. The van der Waals surface area contributed by atoms with Gasteiger partial charge in [-0.15, -0.1) is 0 Å². The summed E-state index contributed by atoms with van der Waals surface area (Å²) in [6, 6.07) is -2.27. The van der Waals surface area contributed by atoms with Crippen molar-refractivity contribution >= 4 is 37.1 Å². The Morgan fingerprint density at radius 1 is 0.596 bits per heavy atom. The summed E-state index contributed by atoms with van der Waals surface area (Å²) < 4.78 is 38.7. The van der Waals surface area contributed by atoms with Crippen LogP contribution >= 0.6 is 7.60 Å². The number of amides is 5. The molecule has 0 aliphatic carbocycles. The largest absolute Gasteiger partial charge is 0.377 e. The first kappa shape index (κ1) is 54.1. The average molecular weight is 847 g/mol. The average Bonchev–Trinajstić information content (AvgIpc) is 3.13. The SMILES string of the molecule is CC(C)(CCC(=O)NC(CCC(=O)NC(CCC(=O)NCCOCCON)C(=O)NCCOCCON)C(=O)NCCOCCON)OCC(C)(C)OP(C)(=O)O. The predicted molar refractivity (Wildman–Crippen MR) is 204 cm³/mol. The molecule has 0 aliphatic heterocycles. The molecule has 0 spiro atoms. The van der Waals surface area contributed by atoms with Crippen LogP contribution in [0.15, 0.2) is 0 Å². The van der Waals surface area contributed by atoms with E-state index in [9.17, 15) is 33.4 Å². The van der Waals surface area contributed by atoms with Gasteiger partial charge in [-0.1, -0.05) is 0 Å². The minimum Gasteiger partial charge on any atom is -0.377 e. The van der Waals surface area contributed by atoms with Gasteiger partial charge in [0.15, 0.2) is 0 Å². The molecule has 24 heteroatoms. The second-order valence-corrected chi connectivity index (χ2v) is 15.7. The molecule has 0 saturated carbocycles. The van der Waals surface area contributed by atoms with Gasteiger partial charge in [0.2, 0.25) is 29.5 Å². The van der Waals surface area contributed by atoms with E-state index in [0.29, 0.717) is 0 Å². The standard InChI is InChI=1S/C33H67N8O15P/c1-32(2,52-24-33(3,4)56-57(5,47)48)11-10-29(44)41-26(31(46)39-14-17-51-20-23-55-36)7-9-28(43)40-25(30(45)38-13-16-50-19-22-54-35)6-8-27(42)37-12-15-49-18-21-53-34/h25-26H,6-24,34-36H2,1-5H3,(H,37,42)(H,38,45)(H,39,46)(H,40,43)(H,41,44)(H,47,48). The van der Waals surface area contributed by atoms with Gasteiger partial charge in [-0.05, 0) is 47.0 Å². The van der Waals surface area contributed by atoms with Gasteiger partial charge in [0.05, 0.1) is 77.3 Å². The van der Waals surface area contributed by atoms with Crippen LogP contribution < -0.4 is 44.3 Å². The molecule has 334 valence electrons. The summed E-state index contributed by atoms with van der Waals surface area (Å²) in [7, 11) is -3.78. The Kier molecular flexibility index (Phi) is 29.5. The van der Waals surface area contributed by atoms with Crippen LogP contribution in [0.2, 0.25) is 0 Å². The highest BCUT2D eigenvalue weighted by Crippen LogP contribution is 2.42. The first-order chi connectivity index (χ1) is 26.8. The van der Waals surface area contributed by atoms with E-state index in [1.165, 1.54) is 0 Å². The van der Waals surface area contributed by atoms with Crippen LogP contribution in [0.25, 0.3) is 0 Å². The van der Waals surface area contributed by atoms with Crippen molar-refractivity contribution in [1.82, 2.24) is 26.6 Å². The van der Waals surface area contributed by atoms with Gasteiger partial charge < -0.3 is 69.5 Å². The van der Waals surface area contributed by atoms with Crippen molar-refractivity contribution in [3.8, 4) is 0 Å². The summed E-state index contributed by atoms with van der Waals surface area (Å²) in [5.41, 5.74) is -1.95. The third-order valence-corrected chi connectivity index (χ3v) is 8.33. The first-order valence-electron chi connectivity index (χ1n) is 18.6. The normalized spacial score (nSPS) is 13.9. The van der Waals surface area contributed by atoms with Crippen molar-refractivity contribution in [2.45, 2.75) is 89.5 Å². The van der Waals surface area contributed by atoms with E-state index in [2.05, 4.69) is 41.1 Å². The fraction of sp³-hybridized carbons (Fsp3) is 0.848. The summed E-state index contributed by atoms with van der Waals surface area (Å²) in [5.74, 6) is 12.2. The summed E-state index contributed by atoms with van der Waals surface area (Å²) >= 11 is 0. The van der Waals surface area contributed by atoms with Crippen LogP contribution in [0.3, 0.4) is 0 Å². The molecule has 0 saturated heterocycles. The third-order valence-electron chi connectivity index (χ3n) is 7.50. The first-order valence-corrected chi connectivity index (χ1v) is 20.6. The molecular weight excluding hydrogens is 779 g/mol. The van der Waals surface area contributed by atoms with Crippen molar-refractivity contribution in [3.05, 3.63) is 0 Å². The fourth-order valence-corrected chi connectivity index (χ4v) is 5.65. The van der Waals surface area contributed by atoms with Crippen LogP contribution in [0, 0.1) is 0 Å². The van der Waals surface area contributed by atoms with Crippen molar-refractivity contribution in [3.63, 3.8) is 0 Å². The maximum Gasteiger partial charge on any atom is 0.325 e. The van der Waals surface area contributed by atoms with Crippen molar-refractivity contribution < 1.29 is 71.4 Å². The lowest BCUT2D eigenvalue weighted by Gasteiger charge is -2.32. The van der Waals surface area contributed by atoms with E-state index in [-0.39, 0.29) is 130 Å². The zero-order chi connectivity index (χ0) is 43.2. The number of nitrogens with one attached hydrogen (secondary N) is 5. The second kappa shape index (κ2) is 31.1. The lowest BCUT2D eigenvalue weighted by Crippen LogP contribution is -2.50. The highest BCUT2D eigenvalue weighted by Gasteiger charge is 2.31. The molecular formula is C33H67N8O15P. The molecule has 0 heterocycles. The number of hydrogen-bond acceptors (Lipinski definition) is 17. The number of ether oxygens (including phenoxy) is 4. The molecule has 0 aromatic carbocycles. The van der Waals surface area contributed by atoms with Crippen molar-refractivity contribution in [2.24, 2.45) is 17.7 Å². The molecule has 3 atom stereocenters. The van der Waals surface area contributed by atoms with Crippen LogP contribution in [-0.4, -0.2) is 150 Å². The summed E-state index contributed by atoms with van der Waals surface area (Å²) in [6.07, 6.45) is -0.449. The maximum absolute atomic E-state index is 13.2. The zero-order valence-corrected chi connectivity index (χ0v) is 34.8. The van der Waals surface area contributed by atoms with Crippen LogP contribution in [-0.2, 0) is 66.5 Å². The summed E-state index contributed by atoms with van der Waals surface area (Å²) in [4.78, 5) is 87.9. The Hall–Kier alpha value is -2.90. The zero-order valence-electron chi connectivity index (χ0n) is 33.9. The molecule has 0 aromatic rings. The van der Waals surface area contributed by atoms with E-state index in [1.54, 1.807) is 27.7 Å². The van der Waals surface area contributed by atoms with Gasteiger partial charge in [0.1, 0.15) is 12.1 Å². The Morgan fingerprint density at radius 3 is 1.42 bits per heavy atom. The monoisotopic (exact) mass is 846 g/mol. The van der Waals surface area contributed by atoms with Crippen LogP contribution in [0.1, 0.15) is 66.2 Å². The quantitative estimate of drug-likeness (QED) is 0.0183. The van der Waals surface area contributed by atoms with Crippen molar-refractivity contribution in [2.75, 3.05) is 92.4 Å². The third kappa shape index (κ3) is 31.7. The van der Waals surface area contributed by atoms with Gasteiger partial charge in [-0.3, -0.25) is 28.5 Å². The van der Waals surface area contributed by atoms with E-state index in [0.717, 1.165) is 6.66 Å². The topological polar surface area (TPSA) is 335 Å². The Bertz CT molecular complexity index is 1210. The highest BCUT2D eigenvalue weighted by molar-refractivity contribution is 7.51. The molecule has 0 aliphatic rings. The van der Waals surface area contributed by atoms with Gasteiger partial charge in [-0.25, -0.2) is 17.7 Å². The number of carbonyl (C=O) groups excluding carboxylic acids is 5. The lowest BCUT2D eigenvalue weighted by molar-refractivity contribution is -0.132. The Labute approximate surface area is 334 Å². The minimum atomic E-state index is -3.78. The molecule has 0 rings (SSSR count). The van der Waals surface area contributed by atoms with E-state index >= 15 is 0 Å². The molecule has 0 aromatic heterocycles. The van der Waals surface area contributed by atoms with Crippen LogP contribution in [0.5, 0.6) is 0 Å². The highest BCUT2D eigenvalue weighted by atomic mass is 31.2. The smallest absolute Gasteiger partial charge is 0.325 e. The minimum absolute atomic E-state index is 0.0396. The maximum atomic E-state index is 13.2. The number of nitrogens with two attached hydrogens (primary N) is 3. The second-order valence-electron chi connectivity index (χ2n) is 13.9. The number of hydrogen-bond donors (Lipinski definition) is 9. The van der Waals surface area contributed by atoms with Gasteiger partial charge in [-0.2, -0.15) is 0 Å². The number of carbonyl (C=O) groups is 5. The lowest BCUT2D eigenvalue weighted by atomic mass is 10.0. The molecule has 12 N–H and O–H groups in total. The summed E-state index contributed by atoms with van der Waals surface area (Å²) in [5, 5.41) is 13.3. The molecule has 3 unspecified atom stereocenters. The Morgan fingerprint density at radius 2 is 1.00 bits per heavy atom. The fourth-order valence-electron chi connectivity index (χ4n) is 4.68. The van der Waals surface area contributed by atoms with E-state index in [1.807, 2.05) is 0 Å². The van der Waals surface area contributed by atoms with E-state index < -0.39 is 54.5 Å². The summed E-state index contributed by atoms with van der Waals surface area (Å²) in [6.45, 7) is 9.69. The van der Waals surface area contributed by atoms with Crippen LogP contribution in [0.4, 0.5) is 0 Å². The molecule has 0 fully saturated rings. The predicted octanol–water partition coefficient (Wildman–Crippen LogP) is -2.23. The van der Waals surface area contributed by atoms with Gasteiger partial charge in [0.25, 0.3) is 0 Å².